The topological polar surface area (TPSA) is 145 Å². The predicted octanol–water partition coefficient (Wildman–Crippen LogP) is 10.1. The minimum Gasteiger partial charge on any atom is -0.457 e. The molecule has 0 radical (unpaired) electrons. The summed E-state index contributed by atoms with van der Waals surface area (Å²) in [6, 6.07) is 42.3. The molecule has 1 aliphatic carbocycles. The van der Waals surface area contributed by atoms with E-state index in [2.05, 4.69) is 39.6 Å². The lowest BCUT2D eigenvalue weighted by atomic mass is 9.79. The normalized spacial score (nSPS) is 14.4. The Balaban J connectivity index is 1.21. The fourth-order valence-corrected chi connectivity index (χ4v) is 9.68. The number of thiazole rings is 1. The summed E-state index contributed by atoms with van der Waals surface area (Å²) in [5, 5.41) is 11.1. The highest BCUT2D eigenvalue weighted by atomic mass is 32.1. The lowest BCUT2D eigenvalue weighted by molar-refractivity contribution is -0.138. The smallest absolute Gasteiger partial charge is 0.407 e. The van der Waals surface area contributed by atoms with Crippen molar-refractivity contribution in [3.63, 3.8) is 0 Å². The van der Waals surface area contributed by atoms with E-state index >= 15 is 4.79 Å². The van der Waals surface area contributed by atoms with Gasteiger partial charge in [0, 0.05) is 11.3 Å². The van der Waals surface area contributed by atoms with Gasteiger partial charge in [-0.05, 0) is 57.7 Å². The summed E-state index contributed by atoms with van der Waals surface area (Å²) in [6.45, 7) is 13.1. The molecule has 3 N–H and O–H groups in total. The first-order valence-electron chi connectivity index (χ1n) is 22.8. The third-order valence-corrected chi connectivity index (χ3v) is 13.3. The SMILES string of the molecule is C=CCOC(=O)c1csc([C@H](NC(=O)[C@@H](NC(=O)[C@@H](NC(=O)OCC2c3ccccc3-c3ccccc32)[C@@H](C)CC)[C@H](C)OC(c2ccccc2)(c2ccccc2)c2ccccc2)C(C)C)n1. The number of ether oxygens (including phenoxy) is 3. The standard InChI is InChI=1S/C55H58N4O7S/c1-7-32-64-53(62)46-34-67-52(56-46)47(35(3)4)57-51(61)49(37(6)66-55(38-22-12-9-13-23-38,39-24-14-10-15-25-39)40-26-16-11-17-27-40)58-50(60)48(36(5)8-2)59-54(63)65-33-45-43-30-20-18-28-41(43)42-29-19-21-31-44(42)45/h7,9-31,34-37,45,47-49H,1,8,32-33H2,2-6H3,(H,57,61)(H,58,60)(H,59,63)/t36-,37-,47+,48-,49-/m0/s1. The Morgan fingerprint density at radius 2 is 1.19 bits per heavy atom. The fraction of sp³-hybridized carbons (Fsp3) is 0.291. The van der Waals surface area contributed by atoms with Crippen molar-refractivity contribution in [1.82, 2.24) is 20.9 Å². The number of carbonyl (C=O) groups excluding carboxylic acids is 4. The number of nitrogens with zero attached hydrogens (tertiary/aromatic N) is 1. The van der Waals surface area contributed by atoms with Crippen molar-refractivity contribution in [3.05, 3.63) is 196 Å². The molecule has 0 aliphatic heterocycles. The van der Waals surface area contributed by atoms with E-state index in [0.717, 1.165) is 38.9 Å². The molecule has 1 aliphatic rings. The average Bonchev–Trinajstić information content (AvgIpc) is 3.98. The van der Waals surface area contributed by atoms with Crippen LogP contribution in [0.2, 0.25) is 0 Å². The highest BCUT2D eigenvalue weighted by Crippen LogP contribution is 2.45. The molecule has 0 saturated carbocycles. The third kappa shape index (κ3) is 10.7. The number of aromatic nitrogens is 1. The van der Waals surface area contributed by atoms with Gasteiger partial charge in [0.05, 0.1) is 12.1 Å². The second-order valence-electron chi connectivity index (χ2n) is 17.1. The van der Waals surface area contributed by atoms with Gasteiger partial charge in [-0.1, -0.05) is 186 Å². The average molecular weight is 919 g/mol. The van der Waals surface area contributed by atoms with E-state index in [9.17, 15) is 14.4 Å². The maximum Gasteiger partial charge on any atom is 0.407 e. The van der Waals surface area contributed by atoms with Gasteiger partial charge in [0.1, 0.15) is 35.9 Å². The highest BCUT2D eigenvalue weighted by molar-refractivity contribution is 7.09. The van der Waals surface area contributed by atoms with Crippen LogP contribution in [0.15, 0.2) is 158 Å². The highest BCUT2D eigenvalue weighted by Gasteiger charge is 2.43. The third-order valence-electron chi connectivity index (χ3n) is 12.4. The first kappa shape index (κ1) is 48.1. The second-order valence-corrected chi connectivity index (χ2v) is 18.0. The van der Waals surface area contributed by atoms with Gasteiger partial charge in [0.25, 0.3) is 0 Å². The Labute approximate surface area is 397 Å². The molecule has 0 fully saturated rings. The van der Waals surface area contributed by atoms with Crippen LogP contribution >= 0.6 is 11.3 Å². The number of alkyl carbamates (subject to hydrolysis) is 1. The Morgan fingerprint density at radius 3 is 1.70 bits per heavy atom. The van der Waals surface area contributed by atoms with Gasteiger partial charge >= 0.3 is 12.1 Å². The van der Waals surface area contributed by atoms with Gasteiger partial charge in [-0.2, -0.15) is 0 Å². The van der Waals surface area contributed by atoms with E-state index in [-0.39, 0.29) is 36.7 Å². The number of fused-ring (bicyclic) bond motifs is 3. The summed E-state index contributed by atoms with van der Waals surface area (Å²) in [6.07, 6.45) is 0.238. The maximum absolute atomic E-state index is 15.1. The molecule has 3 amide bonds. The number of hydrogen-bond donors (Lipinski definition) is 3. The molecule has 0 saturated heterocycles. The van der Waals surface area contributed by atoms with E-state index in [1.165, 1.54) is 17.4 Å². The van der Waals surface area contributed by atoms with E-state index in [1.807, 2.05) is 155 Å². The number of benzene rings is 5. The molecule has 11 nitrogen and oxygen atoms in total. The van der Waals surface area contributed by atoms with Crippen LogP contribution in [0.4, 0.5) is 4.79 Å². The summed E-state index contributed by atoms with van der Waals surface area (Å²) >= 11 is 1.22. The Kier molecular flexibility index (Phi) is 15.8. The minimum absolute atomic E-state index is 0.0273. The summed E-state index contributed by atoms with van der Waals surface area (Å²) in [5.41, 5.74) is 5.59. The van der Waals surface area contributed by atoms with Gasteiger partial charge in [-0.15, -0.1) is 11.3 Å². The predicted molar refractivity (Wildman–Crippen MR) is 261 cm³/mol. The van der Waals surface area contributed by atoms with Crippen molar-refractivity contribution < 1.29 is 33.4 Å². The van der Waals surface area contributed by atoms with Crippen LogP contribution in [-0.2, 0) is 29.4 Å². The number of nitrogens with one attached hydrogen (secondary N) is 3. The van der Waals surface area contributed by atoms with Crippen molar-refractivity contribution in [1.29, 1.82) is 0 Å². The van der Waals surface area contributed by atoms with Crippen molar-refractivity contribution >= 4 is 35.2 Å². The minimum atomic E-state index is -1.32. The second kappa shape index (κ2) is 22.1. The fourth-order valence-electron chi connectivity index (χ4n) is 8.67. The van der Waals surface area contributed by atoms with Gasteiger partial charge in [0.2, 0.25) is 11.8 Å². The number of esters is 1. The first-order valence-corrected chi connectivity index (χ1v) is 23.6. The largest absolute Gasteiger partial charge is 0.457 e. The Bertz CT molecular complexity index is 2500. The van der Waals surface area contributed by atoms with E-state index in [0.29, 0.717) is 11.4 Å². The molecule has 346 valence electrons. The van der Waals surface area contributed by atoms with Crippen molar-refractivity contribution in [2.75, 3.05) is 13.2 Å². The molecule has 1 aromatic heterocycles. The van der Waals surface area contributed by atoms with Crippen LogP contribution < -0.4 is 16.0 Å². The molecular weight excluding hydrogens is 861 g/mol. The zero-order valence-electron chi connectivity index (χ0n) is 38.5. The summed E-state index contributed by atoms with van der Waals surface area (Å²) in [7, 11) is 0. The molecule has 67 heavy (non-hydrogen) atoms. The molecule has 0 spiro atoms. The van der Waals surface area contributed by atoms with Crippen molar-refractivity contribution in [2.24, 2.45) is 11.8 Å². The van der Waals surface area contributed by atoms with E-state index in [1.54, 1.807) is 12.3 Å². The number of carbonyl (C=O) groups is 4. The van der Waals surface area contributed by atoms with Crippen LogP contribution in [0.1, 0.15) is 96.3 Å². The Hall–Kier alpha value is -6.89. The van der Waals surface area contributed by atoms with Gasteiger partial charge in [-0.3, -0.25) is 9.59 Å². The summed E-state index contributed by atoms with van der Waals surface area (Å²) in [4.78, 5) is 61.0. The van der Waals surface area contributed by atoms with Gasteiger partial charge in [-0.25, -0.2) is 14.6 Å². The molecule has 5 aromatic carbocycles. The van der Waals surface area contributed by atoms with Crippen molar-refractivity contribution in [2.45, 2.75) is 76.8 Å². The number of amides is 3. The maximum atomic E-state index is 15.1. The van der Waals surface area contributed by atoms with Crippen LogP contribution in [0.3, 0.4) is 0 Å². The summed E-state index contributed by atoms with van der Waals surface area (Å²) < 4.78 is 18.5. The molecule has 1 heterocycles. The van der Waals surface area contributed by atoms with E-state index in [4.69, 9.17) is 14.2 Å². The lowest BCUT2D eigenvalue weighted by Crippen LogP contribution is -2.60. The number of hydrogen-bond acceptors (Lipinski definition) is 9. The zero-order chi connectivity index (χ0) is 47.5. The Morgan fingerprint density at radius 1 is 0.687 bits per heavy atom. The number of rotatable bonds is 20. The zero-order valence-corrected chi connectivity index (χ0v) is 39.3. The molecule has 6 aromatic rings. The molecule has 0 bridgehead atoms. The lowest BCUT2D eigenvalue weighted by Gasteiger charge is -2.40. The van der Waals surface area contributed by atoms with Crippen molar-refractivity contribution in [3.8, 4) is 11.1 Å². The quantitative estimate of drug-likeness (QED) is 0.0390. The van der Waals surface area contributed by atoms with Gasteiger partial charge < -0.3 is 30.2 Å². The van der Waals surface area contributed by atoms with Crippen LogP contribution in [0.25, 0.3) is 11.1 Å². The molecular formula is C55H58N4O7S. The molecule has 0 unspecified atom stereocenters. The van der Waals surface area contributed by atoms with Crippen LogP contribution in [0, 0.1) is 11.8 Å². The monoisotopic (exact) mass is 918 g/mol. The van der Waals surface area contributed by atoms with Gasteiger partial charge in [0.15, 0.2) is 5.69 Å². The molecule has 7 rings (SSSR count). The van der Waals surface area contributed by atoms with Crippen LogP contribution in [0.5, 0.6) is 0 Å². The first-order chi connectivity index (χ1) is 32.5. The van der Waals surface area contributed by atoms with Crippen LogP contribution in [-0.4, -0.2) is 60.3 Å². The molecule has 12 heteroatoms. The molecule has 5 atom stereocenters. The summed E-state index contributed by atoms with van der Waals surface area (Å²) in [5.74, 6) is -2.50. The van der Waals surface area contributed by atoms with E-state index < -0.39 is 53.7 Å².